The van der Waals surface area contributed by atoms with Crippen LogP contribution < -0.4 is 14.8 Å². The summed E-state index contributed by atoms with van der Waals surface area (Å²) in [7, 11) is 1.33. The predicted molar refractivity (Wildman–Crippen MR) is 96.7 cm³/mol. The van der Waals surface area contributed by atoms with Crippen molar-refractivity contribution < 1.29 is 23.8 Å². The highest BCUT2D eigenvalue weighted by Gasteiger charge is 2.33. The van der Waals surface area contributed by atoms with Crippen LogP contribution in [0.5, 0.6) is 11.5 Å². The fourth-order valence-corrected chi connectivity index (χ4v) is 3.48. The van der Waals surface area contributed by atoms with Gasteiger partial charge in [0.05, 0.1) is 30.4 Å². The quantitative estimate of drug-likeness (QED) is 0.726. The number of allylic oxidation sites excluding steroid dienone is 1. The number of esters is 1. The van der Waals surface area contributed by atoms with Crippen molar-refractivity contribution in [2.45, 2.75) is 33.1 Å². The summed E-state index contributed by atoms with van der Waals surface area (Å²) >= 11 is 3.50. The molecule has 0 radical (unpaired) electrons. The van der Waals surface area contributed by atoms with Gasteiger partial charge in [0, 0.05) is 18.0 Å². The molecule has 1 N–H and O–H groups in total. The molecule has 2 rings (SSSR count). The van der Waals surface area contributed by atoms with Gasteiger partial charge in [-0.25, -0.2) is 4.79 Å². The van der Waals surface area contributed by atoms with Crippen LogP contribution in [-0.4, -0.2) is 32.2 Å². The van der Waals surface area contributed by atoms with Crippen molar-refractivity contribution in [2.75, 3.05) is 20.3 Å². The normalized spacial score (nSPS) is 17.2. The van der Waals surface area contributed by atoms with Crippen LogP contribution in [0.4, 0.5) is 0 Å². The number of amides is 1. The molecule has 0 fully saturated rings. The smallest absolute Gasteiger partial charge is 0.336 e. The Hall–Kier alpha value is -2.02. The molecule has 1 amide bonds. The third kappa shape index (κ3) is 4.15. The Morgan fingerprint density at radius 1 is 1.28 bits per heavy atom. The van der Waals surface area contributed by atoms with E-state index in [4.69, 9.17) is 14.2 Å². The van der Waals surface area contributed by atoms with E-state index in [-0.39, 0.29) is 12.3 Å². The Morgan fingerprint density at radius 3 is 2.56 bits per heavy atom. The van der Waals surface area contributed by atoms with Crippen molar-refractivity contribution in [1.29, 1.82) is 0 Å². The van der Waals surface area contributed by atoms with E-state index in [2.05, 4.69) is 21.2 Å². The molecule has 136 valence electrons. The van der Waals surface area contributed by atoms with Crippen LogP contribution in [0.15, 0.2) is 27.9 Å². The fourth-order valence-electron chi connectivity index (χ4n) is 2.90. The number of halogens is 1. The average Bonchev–Trinajstić information content (AvgIpc) is 2.56. The number of rotatable bonds is 6. The number of ether oxygens (including phenoxy) is 3. The molecule has 1 heterocycles. The summed E-state index contributed by atoms with van der Waals surface area (Å²) in [6.45, 7) is 6.44. The summed E-state index contributed by atoms with van der Waals surface area (Å²) in [4.78, 5) is 24.2. The third-order valence-corrected chi connectivity index (χ3v) is 4.49. The largest absolute Gasteiger partial charge is 0.490 e. The van der Waals surface area contributed by atoms with Gasteiger partial charge in [0.1, 0.15) is 0 Å². The summed E-state index contributed by atoms with van der Waals surface area (Å²) in [5.41, 5.74) is 1.74. The van der Waals surface area contributed by atoms with Gasteiger partial charge in [-0.05, 0) is 54.4 Å². The standard InChI is InChI=1S/C18H22BrNO5/c1-5-24-14-8-11(7-13(19)17(14)25-6-2)12-9-15(21)20-10(3)16(12)18(22)23-4/h7-8,12H,5-6,9H2,1-4H3,(H,20,21)/t12-/m1/s1. The SMILES string of the molecule is CCOc1cc([C@H]2CC(=O)NC(C)=C2C(=O)OC)cc(Br)c1OCC. The Balaban J connectivity index is 2.56. The van der Waals surface area contributed by atoms with Gasteiger partial charge < -0.3 is 19.5 Å². The van der Waals surface area contributed by atoms with E-state index in [1.807, 2.05) is 26.0 Å². The van der Waals surface area contributed by atoms with E-state index in [0.29, 0.717) is 40.5 Å². The number of methoxy groups -OCH3 is 1. The predicted octanol–water partition coefficient (Wildman–Crippen LogP) is 3.30. The maximum Gasteiger partial charge on any atom is 0.336 e. The minimum Gasteiger partial charge on any atom is -0.490 e. The Kier molecular flexibility index (Phi) is 6.47. The van der Waals surface area contributed by atoms with Gasteiger partial charge >= 0.3 is 5.97 Å². The summed E-state index contributed by atoms with van der Waals surface area (Å²) in [6.07, 6.45) is 0.160. The molecule has 1 atom stereocenters. The summed E-state index contributed by atoms with van der Waals surface area (Å²) in [6, 6.07) is 3.67. The molecule has 6 nitrogen and oxygen atoms in total. The summed E-state index contributed by atoms with van der Waals surface area (Å²) < 4.78 is 16.9. The number of nitrogens with one attached hydrogen (secondary N) is 1. The first kappa shape index (κ1) is 19.3. The highest BCUT2D eigenvalue weighted by molar-refractivity contribution is 9.10. The van der Waals surface area contributed by atoms with E-state index in [0.717, 1.165) is 5.56 Å². The molecule has 25 heavy (non-hydrogen) atoms. The van der Waals surface area contributed by atoms with E-state index in [9.17, 15) is 9.59 Å². The monoisotopic (exact) mass is 411 g/mol. The molecular formula is C18H22BrNO5. The lowest BCUT2D eigenvalue weighted by atomic mass is 9.84. The van der Waals surface area contributed by atoms with Gasteiger partial charge in [0.15, 0.2) is 11.5 Å². The second-order valence-corrected chi connectivity index (χ2v) is 6.39. The van der Waals surface area contributed by atoms with Crippen LogP contribution in [0.1, 0.15) is 38.7 Å². The Labute approximate surface area is 155 Å². The minimum atomic E-state index is -0.453. The second-order valence-electron chi connectivity index (χ2n) is 5.53. The zero-order valence-electron chi connectivity index (χ0n) is 14.8. The lowest BCUT2D eigenvalue weighted by Gasteiger charge is -2.27. The molecule has 1 aromatic carbocycles. The maximum atomic E-state index is 12.2. The molecule has 0 aromatic heterocycles. The first-order valence-electron chi connectivity index (χ1n) is 8.10. The Bertz CT molecular complexity index is 714. The average molecular weight is 412 g/mol. The van der Waals surface area contributed by atoms with Crippen molar-refractivity contribution in [2.24, 2.45) is 0 Å². The van der Waals surface area contributed by atoms with E-state index in [1.54, 1.807) is 6.92 Å². The van der Waals surface area contributed by atoms with Crippen molar-refractivity contribution in [1.82, 2.24) is 5.32 Å². The number of carbonyl (C=O) groups is 2. The molecule has 0 bridgehead atoms. The third-order valence-electron chi connectivity index (χ3n) is 3.90. The van der Waals surface area contributed by atoms with Gasteiger partial charge in [0.2, 0.25) is 5.91 Å². The van der Waals surface area contributed by atoms with Crippen molar-refractivity contribution in [3.05, 3.63) is 33.4 Å². The van der Waals surface area contributed by atoms with E-state index < -0.39 is 11.9 Å². The summed E-state index contributed by atoms with van der Waals surface area (Å²) in [5.74, 6) is 0.172. The molecule has 0 spiro atoms. The first-order valence-corrected chi connectivity index (χ1v) is 8.90. The van der Waals surface area contributed by atoms with Gasteiger partial charge in [-0.15, -0.1) is 0 Å². The van der Waals surface area contributed by atoms with Crippen LogP contribution in [-0.2, 0) is 14.3 Å². The highest BCUT2D eigenvalue weighted by Crippen LogP contribution is 2.42. The maximum absolute atomic E-state index is 12.2. The molecule has 1 aliphatic rings. The number of benzene rings is 1. The topological polar surface area (TPSA) is 73.9 Å². The number of carbonyl (C=O) groups excluding carboxylic acids is 2. The van der Waals surface area contributed by atoms with Crippen LogP contribution in [0.3, 0.4) is 0 Å². The molecule has 1 aromatic rings. The molecule has 0 unspecified atom stereocenters. The fraction of sp³-hybridized carbons (Fsp3) is 0.444. The lowest BCUT2D eigenvalue weighted by molar-refractivity contribution is -0.136. The lowest BCUT2D eigenvalue weighted by Crippen LogP contribution is -2.34. The molecule has 0 saturated carbocycles. The van der Waals surface area contributed by atoms with E-state index >= 15 is 0 Å². The van der Waals surface area contributed by atoms with Gasteiger partial charge in [-0.2, -0.15) is 0 Å². The first-order chi connectivity index (χ1) is 11.9. The molecule has 1 aliphatic heterocycles. The second kappa shape index (κ2) is 8.38. The zero-order chi connectivity index (χ0) is 18.6. The van der Waals surface area contributed by atoms with Crippen LogP contribution in [0.2, 0.25) is 0 Å². The van der Waals surface area contributed by atoms with Crippen molar-refractivity contribution in [3.8, 4) is 11.5 Å². The zero-order valence-corrected chi connectivity index (χ0v) is 16.4. The summed E-state index contributed by atoms with van der Waals surface area (Å²) in [5, 5.41) is 2.70. The van der Waals surface area contributed by atoms with Crippen molar-refractivity contribution >= 4 is 27.8 Å². The number of hydrogen-bond acceptors (Lipinski definition) is 5. The van der Waals surface area contributed by atoms with Crippen LogP contribution in [0.25, 0.3) is 0 Å². The molecule has 0 aliphatic carbocycles. The molecular weight excluding hydrogens is 390 g/mol. The molecule has 7 heteroatoms. The van der Waals surface area contributed by atoms with Gasteiger partial charge in [-0.1, -0.05) is 0 Å². The minimum absolute atomic E-state index is 0.141. The van der Waals surface area contributed by atoms with Gasteiger partial charge in [0.25, 0.3) is 0 Å². The van der Waals surface area contributed by atoms with Crippen molar-refractivity contribution in [3.63, 3.8) is 0 Å². The Morgan fingerprint density at radius 2 is 1.96 bits per heavy atom. The van der Waals surface area contributed by atoms with E-state index in [1.165, 1.54) is 7.11 Å². The molecule has 0 saturated heterocycles. The van der Waals surface area contributed by atoms with Crippen LogP contribution in [0, 0.1) is 0 Å². The van der Waals surface area contributed by atoms with Crippen LogP contribution >= 0.6 is 15.9 Å². The highest BCUT2D eigenvalue weighted by atomic mass is 79.9. The van der Waals surface area contributed by atoms with Gasteiger partial charge in [-0.3, -0.25) is 4.79 Å². The number of hydrogen-bond donors (Lipinski definition) is 1.